The number of nitrogens with one attached hydrogen (secondary N) is 1. The van der Waals surface area contributed by atoms with E-state index in [2.05, 4.69) is 49.3 Å². The number of hydrogen-bond acceptors (Lipinski definition) is 2. The van der Waals surface area contributed by atoms with Crippen LogP contribution in [0.1, 0.15) is 65.2 Å². The van der Waals surface area contributed by atoms with Crippen molar-refractivity contribution in [2.45, 2.75) is 68.4 Å². The molecule has 5 aliphatic rings. The summed E-state index contributed by atoms with van der Waals surface area (Å²) in [5, 5.41) is 4.68. The van der Waals surface area contributed by atoms with Crippen LogP contribution in [-0.4, -0.2) is 14.9 Å². The number of rotatable bonds is 4. The molecule has 0 aromatic rings. The Morgan fingerprint density at radius 1 is 1.13 bits per heavy atom. The number of hydrogen-bond donors (Lipinski definition) is 1. The average molecular weight is 446 g/mol. The van der Waals surface area contributed by atoms with E-state index in [0.717, 1.165) is 30.6 Å². The van der Waals surface area contributed by atoms with Crippen LogP contribution in [0.25, 0.3) is 0 Å². The smallest absolute Gasteiger partial charge is 0.248 e. The van der Waals surface area contributed by atoms with E-state index in [0.29, 0.717) is 5.41 Å². The summed E-state index contributed by atoms with van der Waals surface area (Å²) in [6, 6.07) is 0. The molecule has 0 saturated heterocycles. The minimum Gasteiger partial charge on any atom is -0.272 e. The highest BCUT2D eigenvalue weighted by atomic mass is 79.9. The van der Waals surface area contributed by atoms with Crippen LogP contribution in [0.15, 0.2) is 5.10 Å². The summed E-state index contributed by atoms with van der Waals surface area (Å²) in [5.41, 5.74) is 4.06. The SMILES string of the molecule is CC/C(=N\NC(=O)[C@]1(C)CC1(Br)Br)C12CC3CC(CC(C3)C1)C2. The van der Waals surface area contributed by atoms with Crippen LogP contribution in [0.5, 0.6) is 0 Å². The normalized spacial score (nSPS) is 46.8. The molecule has 5 saturated carbocycles. The Bertz CT molecular complexity index is 536. The summed E-state index contributed by atoms with van der Waals surface area (Å²) in [4.78, 5) is 12.5. The van der Waals surface area contributed by atoms with E-state index in [1.54, 1.807) is 0 Å². The predicted octanol–water partition coefficient (Wildman–Crippen LogP) is 4.98. The van der Waals surface area contributed by atoms with E-state index in [9.17, 15) is 4.79 Å². The highest BCUT2D eigenvalue weighted by Gasteiger charge is 2.66. The lowest BCUT2D eigenvalue weighted by Crippen LogP contribution is -2.50. The van der Waals surface area contributed by atoms with Crippen LogP contribution >= 0.6 is 31.9 Å². The fraction of sp³-hybridized carbons (Fsp3) is 0.889. The van der Waals surface area contributed by atoms with E-state index >= 15 is 0 Å². The molecule has 5 fully saturated rings. The van der Waals surface area contributed by atoms with Crippen molar-refractivity contribution in [3.05, 3.63) is 0 Å². The van der Waals surface area contributed by atoms with Gasteiger partial charge in [0.25, 0.3) is 0 Å². The summed E-state index contributed by atoms with van der Waals surface area (Å²) in [6.45, 7) is 4.18. The lowest BCUT2D eigenvalue weighted by atomic mass is 9.48. The molecule has 5 aliphatic carbocycles. The summed E-state index contributed by atoms with van der Waals surface area (Å²) < 4.78 is -0.250. The number of halogens is 2. The number of alkyl halides is 2. The van der Waals surface area contributed by atoms with E-state index in [1.165, 1.54) is 44.2 Å². The molecule has 5 heteroatoms. The number of carbonyl (C=O) groups excluding carboxylic acids is 1. The molecular weight excluding hydrogens is 420 g/mol. The maximum atomic E-state index is 12.5. The van der Waals surface area contributed by atoms with E-state index in [-0.39, 0.29) is 9.14 Å². The molecule has 0 radical (unpaired) electrons. The van der Waals surface area contributed by atoms with Gasteiger partial charge in [0, 0.05) is 11.1 Å². The van der Waals surface area contributed by atoms with Gasteiger partial charge in [-0.25, -0.2) is 5.43 Å². The molecule has 23 heavy (non-hydrogen) atoms. The Kier molecular flexibility index (Phi) is 3.81. The standard InChI is InChI=1S/C18H26Br2N2O/c1-3-14(21-22-15(23)16(2)10-18(16,19)20)17-7-11-4-12(8-17)6-13(5-11)9-17/h11-13H,3-10H2,1-2H3,(H,22,23)/b21-14+/t11?,12?,13?,16-,17?/m0/s1. The zero-order valence-electron chi connectivity index (χ0n) is 14.0. The minimum absolute atomic E-state index is 0.0296. The maximum Gasteiger partial charge on any atom is 0.248 e. The Morgan fingerprint density at radius 2 is 1.61 bits per heavy atom. The van der Waals surface area contributed by atoms with Gasteiger partial charge < -0.3 is 0 Å². The van der Waals surface area contributed by atoms with Crippen molar-refractivity contribution in [3.8, 4) is 0 Å². The number of amides is 1. The van der Waals surface area contributed by atoms with Crippen molar-refractivity contribution in [1.29, 1.82) is 0 Å². The molecule has 3 nitrogen and oxygen atoms in total. The molecule has 0 unspecified atom stereocenters. The lowest BCUT2D eigenvalue weighted by Gasteiger charge is -2.57. The third-order valence-electron chi connectivity index (χ3n) is 7.04. The van der Waals surface area contributed by atoms with E-state index < -0.39 is 5.41 Å². The van der Waals surface area contributed by atoms with Gasteiger partial charge in [0.1, 0.15) is 0 Å². The molecule has 1 amide bonds. The third kappa shape index (κ3) is 2.56. The topological polar surface area (TPSA) is 41.5 Å². The molecule has 5 rings (SSSR count). The van der Waals surface area contributed by atoms with Gasteiger partial charge >= 0.3 is 0 Å². The Balaban J connectivity index is 1.52. The first-order valence-corrected chi connectivity index (χ1v) is 10.6. The molecule has 0 aromatic carbocycles. The van der Waals surface area contributed by atoms with Gasteiger partial charge in [-0.2, -0.15) is 5.10 Å². The first kappa shape index (κ1) is 16.6. The van der Waals surface area contributed by atoms with Gasteiger partial charge in [-0.3, -0.25) is 4.79 Å². The molecule has 128 valence electrons. The second-order valence-electron chi connectivity index (χ2n) is 8.76. The van der Waals surface area contributed by atoms with E-state index in [4.69, 9.17) is 0 Å². The highest BCUT2D eigenvalue weighted by Crippen LogP contribution is 2.66. The van der Waals surface area contributed by atoms with Crippen molar-refractivity contribution in [1.82, 2.24) is 5.43 Å². The Morgan fingerprint density at radius 3 is 2.00 bits per heavy atom. The van der Waals surface area contributed by atoms with E-state index in [1.807, 2.05) is 6.92 Å². The summed E-state index contributed by atoms with van der Waals surface area (Å²) in [5.74, 6) is 2.76. The predicted molar refractivity (Wildman–Crippen MR) is 99.8 cm³/mol. The van der Waals surface area contributed by atoms with Gasteiger partial charge in [-0.15, -0.1) is 0 Å². The van der Waals surface area contributed by atoms with Gasteiger partial charge in [-0.05, 0) is 76.0 Å². The molecular formula is C18H26Br2N2O. The highest BCUT2D eigenvalue weighted by molar-refractivity contribution is 9.25. The van der Waals surface area contributed by atoms with Crippen molar-refractivity contribution in [3.63, 3.8) is 0 Å². The lowest BCUT2D eigenvalue weighted by molar-refractivity contribution is -0.125. The van der Waals surface area contributed by atoms with Crippen LogP contribution in [0.2, 0.25) is 0 Å². The largest absolute Gasteiger partial charge is 0.272 e. The molecule has 0 heterocycles. The van der Waals surface area contributed by atoms with Crippen molar-refractivity contribution < 1.29 is 4.79 Å². The summed E-state index contributed by atoms with van der Waals surface area (Å²) >= 11 is 7.14. The van der Waals surface area contributed by atoms with Crippen LogP contribution in [-0.2, 0) is 4.79 Å². The zero-order valence-corrected chi connectivity index (χ0v) is 17.2. The van der Waals surface area contributed by atoms with Crippen LogP contribution in [0.3, 0.4) is 0 Å². The second kappa shape index (κ2) is 5.30. The first-order chi connectivity index (χ1) is 10.8. The summed E-state index contributed by atoms with van der Waals surface area (Å²) in [7, 11) is 0. The quantitative estimate of drug-likeness (QED) is 0.370. The van der Waals surface area contributed by atoms with Crippen LogP contribution in [0, 0.1) is 28.6 Å². The van der Waals surface area contributed by atoms with Crippen molar-refractivity contribution in [2.24, 2.45) is 33.7 Å². The minimum atomic E-state index is -0.392. The third-order valence-corrected chi connectivity index (χ3v) is 9.35. The number of nitrogens with zero attached hydrogens (tertiary/aromatic N) is 1. The molecule has 0 spiro atoms. The van der Waals surface area contributed by atoms with Gasteiger partial charge in [0.05, 0.1) is 8.65 Å². The fourth-order valence-electron chi connectivity index (χ4n) is 5.92. The van der Waals surface area contributed by atoms with Gasteiger partial charge in [0.15, 0.2) is 0 Å². The van der Waals surface area contributed by atoms with Crippen LogP contribution in [0.4, 0.5) is 0 Å². The van der Waals surface area contributed by atoms with Crippen LogP contribution < -0.4 is 5.43 Å². The molecule has 4 bridgehead atoms. The van der Waals surface area contributed by atoms with Crippen molar-refractivity contribution in [2.75, 3.05) is 0 Å². The Hall–Kier alpha value is 0.1000. The average Bonchev–Trinajstić information content (AvgIpc) is 2.97. The fourth-order valence-corrected chi connectivity index (χ4v) is 7.41. The maximum absolute atomic E-state index is 12.5. The summed E-state index contributed by atoms with van der Waals surface area (Å²) in [6.07, 6.45) is 10.00. The van der Waals surface area contributed by atoms with Crippen molar-refractivity contribution >= 4 is 43.5 Å². The molecule has 1 atom stereocenters. The monoisotopic (exact) mass is 444 g/mol. The number of hydrazone groups is 1. The molecule has 0 aliphatic heterocycles. The first-order valence-electron chi connectivity index (χ1n) is 9.03. The number of carbonyl (C=O) groups is 1. The van der Waals surface area contributed by atoms with Gasteiger partial charge in [0.2, 0.25) is 5.91 Å². The zero-order chi connectivity index (χ0) is 16.5. The molecule has 0 aromatic heterocycles. The Labute approximate surface area is 155 Å². The van der Waals surface area contributed by atoms with Gasteiger partial charge in [-0.1, -0.05) is 38.8 Å². The molecule has 1 N–H and O–H groups in total. The second-order valence-corrected chi connectivity index (χ2v) is 12.5.